The number of nitriles is 1. The van der Waals surface area contributed by atoms with E-state index in [9.17, 15) is 10.1 Å². The summed E-state index contributed by atoms with van der Waals surface area (Å²) in [5.41, 5.74) is 7.08. The van der Waals surface area contributed by atoms with Crippen LogP contribution in [-0.4, -0.2) is 22.2 Å². The lowest BCUT2D eigenvalue weighted by molar-refractivity contribution is 0.270. The van der Waals surface area contributed by atoms with Gasteiger partial charge in [0.15, 0.2) is 0 Å². The van der Waals surface area contributed by atoms with Crippen molar-refractivity contribution in [2.75, 3.05) is 6.61 Å². The fraction of sp³-hybridized carbons (Fsp3) is 0.350. The maximum atomic E-state index is 12.6. The summed E-state index contributed by atoms with van der Waals surface area (Å²) in [5.74, 6) is 0.920. The highest BCUT2D eigenvalue weighted by Gasteiger charge is 2.14. The molecule has 1 unspecified atom stereocenters. The first kappa shape index (κ1) is 17.9. The summed E-state index contributed by atoms with van der Waals surface area (Å²) in [5, 5.41) is 11.7. The average molecular weight is 350 g/mol. The largest absolute Gasteiger partial charge is 0.491 e. The van der Waals surface area contributed by atoms with Crippen LogP contribution in [0.3, 0.4) is 0 Å². The Hall–Kier alpha value is -2.91. The summed E-state index contributed by atoms with van der Waals surface area (Å²) in [6.07, 6.45) is 4.03. The van der Waals surface area contributed by atoms with Gasteiger partial charge in [-0.1, -0.05) is 13.8 Å². The van der Waals surface area contributed by atoms with Crippen LogP contribution < -0.4 is 16.0 Å². The van der Waals surface area contributed by atoms with Crippen LogP contribution in [-0.2, 0) is 7.05 Å². The first-order valence-corrected chi connectivity index (χ1v) is 8.61. The highest BCUT2D eigenvalue weighted by Crippen LogP contribution is 2.29. The smallest absolute Gasteiger partial charge is 0.260 e. The molecule has 0 fully saturated rings. The zero-order valence-corrected chi connectivity index (χ0v) is 15.2. The summed E-state index contributed by atoms with van der Waals surface area (Å²) in [7, 11) is 1.71. The van der Waals surface area contributed by atoms with Crippen molar-refractivity contribution in [1.29, 1.82) is 5.26 Å². The van der Waals surface area contributed by atoms with Gasteiger partial charge in [0.2, 0.25) is 0 Å². The zero-order chi connectivity index (χ0) is 18.8. The highest BCUT2D eigenvalue weighted by molar-refractivity contribution is 6.06. The molecule has 2 heterocycles. The van der Waals surface area contributed by atoms with Gasteiger partial charge in [0.05, 0.1) is 16.5 Å². The van der Waals surface area contributed by atoms with Crippen LogP contribution in [0.1, 0.15) is 25.8 Å². The molecule has 6 nitrogen and oxygen atoms in total. The molecule has 1 aromatic carbocycles. The van der Waals surface area contributed by atoms with E-state index in [2.05, 4.69) is 24.9 Å². The number of nitrogens with two attached hydrogens (primary N) is 1. The Kier molecular flexibility index (Phi) is 4.92. The van der Waals surface area contributed by atoms with Crippen LogP contribution in [0.2, 0.25) is 0 Å². The average Bonchev–Trinajstić information content (AvgIpc) is 2.63. The predicted molar refractivity (Wildman–Crippen MR) is 102 cm³/mol. The maximum absolute atomic E-state index is 12.6. The van der Waals surface area contributed by atoms with Crippen molar-refractivity contribution in [2.45, 2.75) is 26.3 Å². The first-order valence-electron chi connectivity index (χ1n) is 8.61. The fourth-order valence-electron chi connectivity index (χ4n) is 3.23. The van der Waals surface area contributed by atoms with Crippen molar-refractivity contribution in [2.24, 2.45) is 18.7 Å². The van der Waals surface area contributed by atoms with E-state index in [4.69, 9.17) is 10.5 Å². The standard InChI is InChI=1S/C20H22N4O2/c1-12(2)6-14(22)11-26-19-8-18-16(7-13(19)9-21)15-4-5-23-10-17(15)20(25)24(18)3/h4-5,7-8,10,12,14H,6,11,22H2,1-3H3. The van der Waals surface area contributed by atoms with E-state index in [1.807, 2.05) is 0 Å². The van der Waals surface area contributed by atoms with Gasteiger partial charge in [-0.3, -0.25) is 9.78 Å². The molecule has 0 amide bonds. The van der Waals surface area contributed by atoms with Crippen LogP contribution in [0.5, 0.6) is 5.75 Å². The number of nitrogens with zero attached hydrogens (tertiary/aromatic N) is 3. The Morgan fingerprint density at radius 1 is 1.31 bits per heavy atom. The summed E-state index contributed by atoms with van der Waals surface area (Å²) < 4.78 is 7.39. The van der Waals surface area contributed by atoms with Crippen molar-refractivity contribution in [3.63, 3.8) is 0 Å². The van der Waals surface area contributed by atoms with Gasteiger partial charge >= 0.3 is 0 Å². The number of ether oxygens (including phenoxy) is 1. The van der Waals surface area contributed by atoms with Gasteiger partial charge in [0.1, 0.15) is 18.4 Å². The topological polar surface area (TPSA) is 93.9 Å². The third-order valence-electron chi connectivity index (χ3n) is 4.45. The Balaban J connectivity index is 2.12. The molecule has 0 aliphatic carbocycles. The van der Waals surface area contributed by atoms with E-state index < -0.39 is 0 Å². The molecule has 0 radical (unpaired) electrons. The van der Waals surface area contributed by atoms with Gasteiger partial charge in [-0.2, -0.15) is 5.26 Å². The number of hydrogen-bond acceptors (Lipinski definition) is 5. The second-order valence-electron chi connectivity index (χ2n) is 6.96. The Labute approximate surface area is 151 Å². The lowest BCUT2D eigenvalue weighted by Crippen LogP contribution is -2.29. The molecule has 0 saturated heterocycles. The Bertz CT molecular complexity index is 1060. The monoisotopic (exact) mass is 350 g/mol. The molecule has 3 rings (SSSR count). The van der Waals surface area contributed by atoms with E-state index >= 15 is 0 Å². The molecule has 0 aliphatic rings. The van der Waals surface area contributed by atoms with E-state index in [1.54, 1.807) is 42.2 Å². The first-order chi connectivity index (χ1) is 12.4. The SMILES string of the molecule is CC(C)CC(N)COc1cc2c(cc1C#N)c1ccncc1c(=O)n2C. The van der Waals surface area contributed by atoms with Crippen LogP contribution in [0.25, 0.3) is 21.7 Å². The molecule has 0 aliphatic heterocycles. The van der Waals surface area contributed by atoms with Crippen LogP contribution in [0, 0.1) is 17.2 Å². The van der Waals surface area contributed by atoms with Gasteiger partial charge in [-0.15, -0.1) is 0 Å². The third kappa shape index (κ3) is 3.26. The minimum Gasteiger partial charge on any atom is -0.491 e. The van der Waals surface area contributed by atoms with E-state index in [1.165, 1.54) is 0 Å². The highest BCUT2D eigenvalue weighted by atomic mass is 16.5. The number of benzene rings is 1. The van der Waals surface area contributed by atoms with Crippen molar-refractivity contribution in [3.05, 3.63) is 46.5 Å². The molecule has 1 atom stereocenters. The van der Waals surface area contributed by atoms with Crippen molar-refractivity contribution in [1.82, 2.24) is 9.55 Å². The van der Waals surface area contributed by atoms with E-state index in [-0.39, 0.29) is 11.6 Å². The number of rotatable bonds is 5. The summed E-state index contributed by atoms with van der Waals surface area (Å²) >= 11 is 0. The number of pyridine rings is 2. The lowest BCUT2D eigenvalue weighted by atomic mass is 10.0. The second-order valence-corrected chi connectivity index (χ2v) is 6.96. The second kappa shape index (κ2) is 7.14. The van der Waals surface area contributed by atoms with Crippen LogP contribution >= 0.6 is 0 Å². The molecule has 2 N–H and O–H groups in total. The number of hydrogen-bond donors (Lipinski definition) is 1. The van der Waals surface area contributed by atoms with Gasteiger partial charge < -0.3 is 15.0 Å². The molecular formula is C20H22N4O2. The van der Waals surface area contributed by atoms with Gasteiger partial charge in [-0.25, -0.2) is 0 Å². The molecule has 0 bridgehead atoms. The molecular weight excluding hydrogens is 328 g/mol. The minimum absolute atomic E-state index is 0.108. The van der Waals surface area contributed by atoms with Crippen molar-refractivity contribution in [3.8, 4) is 11.8 Å². The Morgan fingerprint density at radius 3 is 2.77 bits per heavy atom. The number of aryl methyl sites for hydroxylation is 1. The third-order valence-corrected chi connectivity index (χ3v) is 4.45. The minimum atomic E-state index is -0.132. The van der Waals surface area contributed by atoms with Crippen LogP contribution in [0.15, 0.2) is 35.4 Å². The summed E-state index contributed by atoms with van der Waals surface area (Å²) in [4.78, 5) is 16.6. The van der Waals surface area contributed by atoms with Gasteiger partial charge in [-0.05, 0) is 29.9 Å². The molecule has 26 heavy (non-hydrogen) atoms. The Morgan fingerprint density at radius 2 is 2.08 bits per heavy atom. The quantitative estimate of drug-likeness (QED) is 0.714. The zero-order valence-electron chi connectivity index (χ0n) is 15.2. The summed E-state index contributed by atoms with van der Waals surface area (Å²) in [6, 6.07) is 7.38. The fourth-order valence-corrected chi connectivity index (χ4v) is 3.23. The maximum Gasteiger partial charge on any atom is 0.260 e. The van der Waals surface area contributed by atoms with Gasteiger partial charge in [0.25, 0.3) is 5.56 Å². The lowest BCUT2D eigenvalue weighted by Gasteiger charge is -2.17. The molecule has 6 heteroatoms. The predicted octanol–water partition coefficient (Wildman–Crippen LogP) is 2.71. The number of fused-ring (bicyclic) bond motifs is 3. The van der Waals surface area contributed by atoms with E-state index in [0.29, 0.717) is 34.7 Å². The van der Waals surface area contributed by atoms with Crippen molar-refractivity contribution < 1.29 is 4.74 Å². The summed E-state index contributed by atoms with van der Waals surface area (Å²) in [6.45, 7) is 4.53. The van der Waals surface area contributed by atoms with Crippen molar-refractivity contribution >= 4 is 21.7 Å². The molecule has 0 saturated carbocycles. The van der Waals surface area contributed by atoms with Crippen LogP contribution in [0.4, 0.5) is 0 Å². The number of aromatic nitrogens is 2. The van der Waals surface area contributed by atoms with Gasteiger partial charge in [0, 0.05) is 36.9 Å². The molecule has 2 aromatic heterocycles. The normalized spacial score (nSPS) is 12.5. The molecule has 134 valence electrons. The van der Waals surface area contributed by atoms with E-state index in [0.717, 1.165) is 17.2 Å². The molecule has 0 spiro atoms. The molecule has 3 aromatic rings.